The number of nitrogens with one attached hydrogen (secondary N) is 2. The Kier molecular flexibility index (Phi) is 3.93. The largest absolute Gasteiger partial charge is 0.481 e. The summed E-state index contributed by atoms with van der Waals surface area (Å²) in [7, 11) is 0. The van der Waals surface area contributed by atoms with Crippen LogP contribution in [0.15, 0.2) is 0 Å². The molecular formula is C10H16N2O5. The lowest BCUT2D eigenvalue weighted by atomic mass is 10.1. The van der Waals surface area contributed by atoms with Crippen molar-refractivity contribution >= 4 is 18.0 Å². The van der Waals surface area contributed by atoms with Crippen LogP contribution in [0.4, 0.5) is 4.79 Å². The predicted molar refractivity (Wildman–Crippen MR) is 57.6 cm³/mol. The SMILES string of the molecule is CC1(NC(=O)NC(CCC(=O)O)C(=O)O)CC1. The quantitative estimate of drug-likeness (QED) is 0.531. The van der Waals surface area contributed by atoms with E-state index in [0.717, 1.165) is 12.8 Å². The highest BCUT2D eigenvalue weighted by Gasteiger charge is 2.39. The van der Waals surface area contributed by atoms with E-state index in [-0.39, 0.29) is 18.4 Å². The zero-order valence-electron chi connectivity index (χ0n) is 9.52. The van der Waals surface area contributed by atoms with E-state index < -0.39 is 24.0 Å². The van der Waals surface area contributed by atoms with Gasteiger partial charge in [0.05, 0.1) is 0 Å². The van der Waals surface area contributed by atoms with Gasteiger partial charge in [-0.15, -0.1) is 0 Å². The molecule has 7 heteroatoms. The van der Waals surface area contributed by atoms with Crippen LogP contribution in [0.3, 0.4) is 0 Å². The third-order valence-corrected chi connectivity index (χ3v) is 2.67. The van der Waals surface area contributed by atoms with Gasteiger partial charge in [-0.3, -0.25) is 4.79 Å². The van der Waals surface area contributed by atoms with Crippen LogP contribution in [-0.4, -0.2) is 39.8 Å². The summed E-state index contributed by atoms with van der Waals surface area (Å²) in [5.74, 6) is -2.32. The van der Waals surface area contributed by atoms with Crippen molar-refractivity contribution in [2.45, 2.75) is 44.2 Å². The van der Waals surface area contributed by atoms with E-state index in [4.69, 9.17) is 10.2 Å². The van der Waals surface area contributed by atoms with Crippen LogP contribution in [0.1, 0.15) is 32.6 Å². The van der Waals surface area contributed by atoms with Gasteiger partial charge in [0.25, 0.3) is 0 Å². The Morgan fingerprint density at radius 3 is 2.29 bits per heavy atom. The van der Waals surface area contributed by atoms with E-state index in [2.05, 4.69) is 10.6 Å². The smallest absolute Gasteiger partial charge is 0.326 e. The Balaban J connectivity index is 2.39. The first kappa shape index (κ1) is 13.3. The highest BCUT2D eigenvalue weighted by molar-refractivity contribution is 5.83. The zero-order chi connectivity index (χ0) is 13.1. The summed E-state index contributed by atoms with van der Waals surface area (Å²) in [5.41, 5.74) is -0.236. The first-order valence-corrected chi connectivity index (χ1v) is 5.36. The third-order valence-electron chi connectivity index (χ3n) is 2.67. The predicted octanol–water partition coefficient (Wildman–Crippen LogP) is 0.156. The van der Waals surface area contributed by atoms with Gasteiger partial charge in [0.2, 0.25) is 0 Å². The van der Waals surface area contributed by atoms with Crippen LogP contribution in [0.5, 0.6) is 0 Å². The lowest BCUT2D eigenvalue weighted by molar-refractivity contribution is -0.140. The summed E-state index contributed by atoms with van der Waals surface area (Å²) in [6.45, 7) is 1.86. The van der Waals surface area contributed by atoms with E-state index in [1.807, 2.05) is 6.92 Å². The van der Waals surface area contributed by atoms with Crippen LogP contribution in [0, 0.1) is 0 Å². The van der Waals surface area contributed by atoms with Gasteiger partial charge in [0.15, 0.2) is 0 Å². The Bertz CT molecular complexity index is 338. The van der Waals surface area contributed by atoms with Crippen LogP contribution < -0.4 is 10.6 Å². The molecule has 0 aromatic heterocycles. The fourth-order valence-electron chi connectivity index (χ4n) is 1.31. The molecule has 1 unspecified atom stereocenters. The van der Waals surface area contributed by atoms with Crippen molar-refractivity contribution < 1.29 is 24.6 Å². The van der Waals surface area contributed by atoms with Gasteiger partial charge < -0.3 is 20.8 Å². The monoisotopic (exact) mass is 244 g/mol. The second-order valence-electron chi connectivity index (χ2n) is 4.48. The van der Waals surface area contributed by atoms with E-state index in [9.17, 15) is 14.4 Å². The molecule has 0 spiro atoms. The van der Waals surface area contributed by atoms with Gasteiger partial charge >= 0.3 is 18.0 Å². The minimum Gasteiger partial charge on any atom is -0.481 e. The molecule has 7 nitrogen and oxygen atoms in total. The van der Waals surface area contributed by atoms with E-state index >= 15 is 0 Å². The summed E-state index contributed by atoms with van der Waals surface area (Å²) in [6, 6.07) is -1.74. The molecule has 0 bridgehead atoms. The summed E-state index contributed by atoms with van der Waals surface area (Å²) in [6.07, 6.45) is 1.31. The maximum Gasteiger partial charge on any atom is 0.326 e. The molecule has 96 valence electrons. The number of carbonyl (C=O) groups is 3. The van der Waals surface area contributed by atoms with Gasteiger partial charge in [-0.05, 0) is 26.2 Å². The molecule has 1 rings (SSSR count). The number of urea groups is 1. The number of rotatable bonds is 6. The second kappa shape index (κ2) is 5.03. The molecule has 2 amide bonds. The van der Waals surface area contributed by atoms with Gasteiger partial charge in [-0.1, -0.05) is 0 Å². The molecule has 1 aliphatic rings. The molecule has 1 fully saturated rings. The molecule has 4 N–H and O–H groups in total. The number of hydrogen-bond donors (Lipinski definition) is 4. The number of carboxylic acids is 2. The molecule has 0 aromatic carbocycles. The summed E-state index contributed by atoms with van der Waals surface area (Å²) in [4.78, 5) is 32.5. The second-order valence-corrected chi connectivity index (χ2v) is 4.48. The molecule has 0 radical (unpaired) electrons. The Hall–Kier alpha value is -1.79. The van der Waals surface area contributed by atoms with E-state index in [1.165, 1.54) is 0 Å². The molecule has 0 heterocycles. The normalized spacial score (nSPS) is 17.9. The van der Waals surface area contributed by atoms with E-state index in [1.54, 1.807) is 0 Å². The maximum atomic E-state index is 11.4. The molecule has 0 aliphatic heterocycles. The fraction of sp³-hybridized carbons (Fsp3) is 0.700. The molecular weight excluding hydrogens is 228 g/mol. The molecule has 0 aromatic rings. The number of aliphatic carboxylic acids is 2. The van der Waals surface area contributed by atoms with Crippen LogP contribution >= 0.6 is 0 Å². The highest BCUT2D eigenvalue weighted by Crippen LogP contribution is 2.33. The highest BCUT2D eigenvalue weighted by atomic mass is 16.4. The van der Waals surface area contributed by atoms with E-state index in [0.29, 0.717) is 0 Å². The fourth-order valence-corrected chi connectivity index (χ4v) is 1.31. The van der Waals surface area contributed by atoms with Gasteiger partial charge in [-0.2, -0.15) is 0 Å². The maximum absolute atomic E-state index is 11.4. The summed E-state index contributed by atoms with van der Waals surface area (Å²) in [5, 5.41) is 22.2. The summed E-state index contributed by atoms with van der Waals surface area (Å²) < 4.78 is 0. The average molecular weight is 244 g/mol. The lowest BCUT2D eigenvalue weighted by Gasteiger charge is -2.17. The van der Waals surface area contributed by atoms with Crippen molar-refractivity contribution in [3.63, 3.8) is 0 Å². The first-order chi connectivity index (χ1) is 7.82. The number of hydrogen-bond acceptors (Lipinski definition) is 3. The topological polar surface area (TPSA) is 116 Å². The van der Waals surface area contributed by atoms with Gasteiger partial charge in [0.1, 0.15) is 6.04 Å². The van der Waals surface area contributed by atoms with Crippen molar-refractivity contribution in [1.82, 2.24) is 10.6 Å². The minimum atomic E-state index is -1.23. The van der Waals surface area contributed by atoms with Crippen LogP contribution in [0.2, 0.25) is 0 Å². The van der Waals surface area contributed by atoms with Crippen molar-refractivity contribution in [3.8, 4) is 0 Å². The molecule has 0 saturated heterocycles. The first-order valence-electron chi connectivity index (χ1n) is 5.36. The number of carbonyl (C=O) groups excluding carboxylic acids is 1. The van der Waals surface area contributed by atoms with Crippen molar-refractivity contribution in [2.24, 2.45) is 0 Å². The number of carboxylic acid groups (broad SMARTS) is 2. The lowest BCUT2D eigenvalue weighted by Crippen LogP contribution is -2.49. The van der Waals surface area contributed by atoms with Gasteiger partial charge in [-0.25, -0.2) is 9.59 Å². The van der Waals surface area contributed by atoms with Crippen LogP contribution in [-0.2, 0) is 9.59 Å². The zero-order valence-corrected chi connectivity index (χ0v) is 9.52. The van der Waals surface area contributed by atoms with Crippen LogP contribution in [0.25, 0.3) is 0 Å². The Morgan fingerprint density at radius 1 is 1.29 bits per heavy atom. The average Bonchev–Trinajstić information content (AvgIpc) is 2.89. The standard InChI is InChI=1S/C10H16N2O5/c1-10(4-5-10)12-9(17)11-6(8(15)16)2-3-7(13)14/h6H,2-5H2,1H3,(H,13,14)(H,15,16)(H2,11,12,17). The van der Waals surface area contributed by atoms with Gasteiger partial charge in [0, 0.05) is 12.0 Å². The van der Waals surface area contributed by atoms with Crippen molar-refractivity contribution in [2.75, 3.05) is 0 Å². The molecule has 17 heavy (non-hydrogen) atoms. The molecule has 1 saturated carbocycles. The third kappa shape index (κ3) is 4.71. The molecule has 1 atom stereocenters. The van der Waals surface area contributed by atoms with Crippen molar-refractivity contribution in [3.05, 3.63) is 0 Å². The van der Waals surface area contributed by atoms with Crippen molar-refractivity contribution in [1.29, 1.82) is 0 Å². The number of amides is 2. The summed E-state index contributed by atoms with van der Waals surface area (Å²) >= 11 is 0. The Morgan fingerprint density at radius 2 is 1.88 bits per heavy atom. The Labute approximate surface area is 98.2 Å². The molecule has 1 aliphatic carbocycles. The minimum absolute atomic E-state index is 0.130.